The molecular formula is C40H26IrN2OS-2. The van der Waals surface area contributed by atoms with Crippen LogP contribution in [0.3, 0.4) is 0 Å². The molecule has 0 fully saturated rings. The minimum Gasteiger partial charge on any atom is -0.500 e. The number of fused-ring (bicyclic) bond motifs is 9. The number of thiophene rings is 1. The Bertz CT molecular complexity index is 2680. The van der Waals surface area contributed by atoms with E-state index in [1.165, 1.54) is 44.0 Å². The van der Waals surface area contributed by atoms with Gasteiger partial charge in [-0.25, -0.2) is 0 Å². The van der Waals surface area contributed by atoms with Crippen LogP contribution in [0.2, 0.25) is 0 Å². The van der Waals surface area contributed by atoms with E-state index in [0.29, 0.717) is 16.8 Å². The van der Waals surface area contributed by atoms with Crippen molar-refractivity contribution in [3.63, 3.8) is 0 Å². The first-order chi connectivity index (χ1) is 24.1. The van der Waals surface area contributed by atoms with Crippen molar-refractivity contribution in [1.82, 2.24) is 9.97 Å². The van der Waals surface area contributed by atoms with Gasteiger partial charge in [0.1, 0.15) is 5.58 Å². The number of aromatic nitrogens is 2. The van der Waals surface area contributed by atoms with Gasteiger partial charge in [0.25, 0.3) is 0 Å². The Balaban J connectivity index is 0.000000202. The van der Waals surface area contributed by atoms with Crippen LogP contribution in [0.5, 0.6) is 0 Å². The van der Waals surface area contributed by atoms with Gasteiger partial charge >= 0.3 is 0 Å². The van der Waals surface area contributed by atoms with Crippen LogP contribution in [0.4, 0.5) is 0 Å². The molecule has 9 rings (SSSR count). The number of nitrogens with zero attached hydrogens (tertiary/aromatic N) is 2. The Labute approximate surface area is 287 Å². The zero-order valence-corrected chi connectivity index (χ0v) is 26.8. The number of hydrogen-bond acceptors (Lipinski definition) is 4. The molecule has 0 atom stereocenters. The Hall–Kier alpha value is -4.67. The van der Waals surface area contributed by atoms with Gasteiger partial charge in [-0.05, 0) is 48.9 Å². The SMILES string of the molecule is [2H]C([2H])([2H])c1ccc(-c2[c-]cccc2)nc1.[2H]C([2H])([2H])c1ccnc(-c2[c-]ccc3c2oc2c3ccc3c2ccc2c4ccccc4sc23)c1.[Ir]. The predicted octanol–water partition coefficient (Wildman–Crippen LogP) is 11.1. The molecule has 0 N–H and O–H groups in total. The fraction of sp³-hybridized carbons (Fsp3) is 0.0500. The van der Waals surface area contributed by atoms with E-state index in [4.69, 9.17) is 12.6 Å². The Morgan fingerprint density at radius 1 is 0.644 bits per heavy atom. The predicted molar refractivity (Wildman–Crippen MR) is 184 cm³/mol. The third-order valence-corrected chi connectivity index (χ3v) is 8.92. The van der Waals surface area contributed by atoms with Crippen molar-refractivity contribution in [2.24, 2.45) is 0 Å². The van der Waals surface area contributed by atoms with E-state index >= 15 is 0 Å². The first-order valence-electron chi connectivity index (χ1n) is 17.1. The van der Waals surface area contributed by atoms with Crippen molar-refractivity contribution in [1.29, 1.82) is 0 Å². The summed E-state index contributed by atoms with van der Waals surface area (Å²) in [5.41, 5.74) is 4.78. The zero-order chi connectivity index (χ0) is 34.6. The molecule has 5 heteroatoms. The minimum absolute atomic E-state index is 0. The van der Waals surface area contributed by atoms with Crippen LogP contribution >= 0.6 is 11.3 Å². The summed E-state index contributed by atoms with van der Waals surface area (Å²) in [6, 6.07) is 41.0. The summed E-state index contributed by atoms with van der Waals surface area (Å²) in [7, 11) is 0. The summed E-state index contributed by atoms with van der Waals surface area (Å²) in [4.78, 5) is 8.56. The average molecular weight is 781 g/mol. The number of hydrogen-bond donors (Lipinski definition) is 0. The van der Waals surface area contributed by atoms with Crippen LogP contribution in [0.15, 0.2) is 126 Å². The fourth-order valence-electron chi connectivity index (χ4n) is 5.65. The smallest absolute Gasteiger partial charge is 0.128 e. The van der Waals surface area contributed by atoms with Gasteiger partial charge in [0.2, 0.25) is 0 Å². The molecule has 219 valence electrons. The molecule has 5 aromatic carbocycles. The number of furan rings is 1. The van der Waals surface area contributed by atoms with E-state index in [2.05, 4.69) is 70.6 Å². The normalized spacial score (nSPS) is 13.7. The van der Waals surface area contributed by atoms with Crippen LogP contribution in [-0.4, -0.2) is 9.97 Å². The molecule has 1 radical (unpaired) electrons. The van der Waals surface area contributed by atoms with E-state index in [0.717, 1.165) is 33.0 Å². The van der Waals surface area contributed by atoms with Crippen molar-refractivity contribution in [2.75, 3.05) is 0 Å². The van der Waals surface area contributed by atoms with Crippen LogP contribution in [-0.2, 0) is 20.1 Å². The topological polar surface area (TPSA) is 38.9 Å². The second-order valence-corrected chi connectivity index (χ2v) is 11.5. The molecule has 0 amide bonds. The van der Waals surface area contributed by atoms with Gasteiger partial charge in [0.15, 0.2) is 0 Å². The largest absolute Gasteiger partial charge is 0.500 e. The van der Waals surface area contributed by atoms with Gasteiger partial charge in [-0.15, -0.1) is 65.4 Å². The molecule has 0 saturated heterocycles. The number of aryl methyl sites for hydroxylation is 2. The molecule has 9 aromatic rings. The monoisotopic (exact) mass is 781 g/mol. The van der Waals surface area contributed by atoms with Crippen molar-refractivity contribution in [3.05, 3.63) is 145 Å². The molecule has 0 aliphatic rings. The zero-order valence-electron chi connectivity index (χ0n) is 29.6. The van der Waals surface area contributed by atoms with Crippen LogP contribution in [0.25, 0.3) is 75.4 Å². The number of rotatable bonds is 2. The third-order valence-electron chi connectivity index (χ3n) is 7.70. The second-order valence-electron chi connectivity index (χ2n) is 10.4. The third kappa shape index (κ3) is 5.23. The molecule has 0 saturated carbocycles. The number of pyridine rings is 2. The van der Waals surface area contributed by atoms with Gasteiger partial charge in [-0.2, -0.15) is 0 Å². The van der Waals surface area contributed by atoms with Crippen molar-refractivity contribution in [3.8, 4) is 22.5 Å². The van der Waals surface area contributed by atoms with E-state index in [9.17, 15) is 0 Å². The summed E-state index contributed by atoms with van der Waals surface area (Å²) in [5, 5.41) is 6.73. The molecule has 4 aromatic heterocycles. The molecule has 0 spiro atoms. The first-order valence-corrected chi connectivity index (χ1v) is 14.9. The average Bonchev–Trinajstić information content (AvgIpc) is 3.71. The van der Waals surface area contributed by atoms with E-state index in [1.807, 2.05) is 30.3 Å². The van der Waals surface area contributed by atoms with E-state index in [-0.39, 0.29) is 31.2 Å². The van der Waals surface area contributed by atoms with Gasteiger partial charge in [-0.3, -0.25) is 0 Å². The maximum atomic E-state index is 7.75. The van der Waals surface area contributed by atoms with Crippen molar-refractivity contribution in [2.45, 2.75) is 13.7 Å². The van der Waals surface area contributed by atoms with Crippen LogP contribution < -0.4 is 0 Å². The summed E-state index contributed by atoms with van der Waals surface area (Å²) in [5.74, 6) is 0. The minimum atomic E-state index is -2.20. The summed E-state index contributed by atoms with van der Waals surface area (Å²) < 4.78 is 54.0. The molecule has 45 heavy (non-hydrogen) atoms. The molecule has 3 nitrogen and oxygen atoms in total. The van der Waals surface area contributed by atoms with Crippen LogP contribution in [0.1, 0.15) is 19.4 Å². The second kappa shape index (κ2) is 12.0. The summed E-state index contributed by atoms with van der Waals surface area (Å²) >= 11 is 1.80. The van der Waals surface area contributed by atoms with Gasteiger partial charge in [0, 0.05) is 77.1 Å². The fourth-order valence-corrected chi connectivity index (χ4v) is 6.88. The van der Waals surface area contributed by atoms with Crippen molar-refractivity contribution >= 4 is 64.2 Å². The van der Waals surface area contributed by atoms with Gasteiger partial charge in [0.05, 0.1) is 5.58 Å². The quantitative estimate of drug-likeness (QED) is 0.164. The maximum absolute atomic E-state index is 7.75. The summed E-state index contributed by atoms with van der Waals surface area (Å²) in [6.07, 6.45) is 2.92. The molecule has 4 heterocycles. The first kappa shape index (κ1) is 22.8. The van der Waals surface area contributed by atoms with Crippen molar-refractivity contribution < 1.29 is 32.7 Å². The van der Waals surface area contributed by atoms with Gasteiger partial charge in [-0.1, -0.05) is 71.1 Å². The number of benzene rings is 5. The summed E-state index contributed by atoms with van der Waals surface area (Å²) in [6.45, 7) is -4.29. The Morgan fingerprint density at radius 3 is 2.22 bits per heavy atom. The van der Waals surface area contributed by atoms with Gasteiger partial charge < -0.3 is 14.4 Å². The molecule has 0 aliphatic heterocycles. The maximum Gasteiger partial charge on any atom is 0.128 e. The molecular weight excluding hydrogens is 749 g/mol. The molecule has 0 unspecified atom stereocenters. The van der Waals surface area contributed by atoms with E-state index in [1.54, 1.807) is 35.6 Å². The van der Waals surface area contributed by atoms with E-state index < -0.39 is 13.7 Å². The van der Waals surface area contributed by atoms with Crippen LogP contribution in [0, 0.1) is 25.8 Å². The Morgan fingerprint density at radius 2 is 1.42 bits per heavy atom. The molecule has 0 aliphatic carbocycles. The Kier molecular flexibility index (Phi) is 6.09. The standard InChI is InChI=1S/C28H16NOS.C12H10N.Ir/c1-16-13-14-29-24(15-16)23-7-4-6-18-19-9-12-22-20(26(19)30-27(18)23)10-11-21-17-5-2-3-8-25(17)31-28(21)22;1-10-7-8-12(13-9-10)11-5-3-2-4-6-11;/h2-6,8-15H,1H3;2-5,7-9H,1H3;/q2*-1;/i2*1D3;. The molecule has 0 bridgehead atoms.